The molecule has 2 heterocycles. The van der Waals surface area contributed by atoms with Crippen LogP contribution in [0.15, 0.2) is 36.5 Å². The van der Waals surface area contributed by atoms with Gasteiger partial charge in [-0.05, 0) is 12.5 Å². The molecule has 2 saturated heterocycles. The molecule has 0 aromatic rings. The Morgan fingerprint density at radius 3 is 2.94 bits per heavy atom. The van der Waals surface area contributed by atoms with Gasteiger partial charge in [0.05, 0.1) is 6.54 Å². The monoisotopic (exact) mass is 233 g/mol. The van der Waals surface area contributed by atoms with Crippen molar-refractivity contribution in [2.45, 2.75) is 18.9 Å². The smallest absolute Gasteiger partial charge is 0.411 e. The van der Waals surface area contributed by atoms with E-state index in [9.17, 15) is 9.59 Å². The van der Waals surface area contributed by atoms with Gasteiger partial charge in [-0.15, -0.1) is 0 Å². The van der Waals surface area contributed by atoms with Gasteiger partial charge in [0.25, 0.3) is 0 Å². The summed E-state index contributed by atoms with van der Waals surface area (Å²) in [5, 5.41) is 0. The summed E-state index contributed by atoms with van der Waals surface area (Å²) in [5.74, 6) is 0.0769. The molecule has 0 aliphatic carbocycles. The Balaban J connectivity index is 2.39. The van der Waals surface area contributed by atoms with Crippen molar-refractivity contribution in [3.8, 4) is 0 Å². The first-order valence-corrected chi connectivity index (χ1v) is 5.56. The van der Waals surface area contributed by atoms with Gasteiger partial charge in [-0.1, -0.05) is 30.9 Å². The van der Waals surface area contributed by atoms with Crippen molar-refractivity contribution in [2.75, 3.05) is 13.2 Å². The lowest BCUT2D eigenvalue weighted by atomic mass is 9.87. The molecular weight excluding hydrogens is 218 g/mol. The number of ketones is 1. The van der Waals surface area contributed by atoms with Crippen molar-refractivity contribution >= 4 is 11.9 Å². The van der Waals surface area contributed by atoms with Crippen molar-refractivity contribution in [1.29, 1.82) is 0 Å². The Morgan fingerprint density at radius 1 is 1.53 bits per heavy atom. The van der Waals surface area contributed by atoms with E-state index in [4.69, 9.17) is 4.74 Å². The van der Waals surface area contributed by atoms with Crippen LogP contribution in [0.2, 0.25) is 0 Å². The molecule has 2 fully saturated rings. The second-order valence-corrected chi connectivity index (χ2v) is 4.23. The topological polar surface area (TPSA) is 46.6 Å². The third kappa shape index (κ3) is 1.69. The van der Waals surface area contributed by atoms with E-state index in [1.54, 1.807) is 12.2 Å². The highest BCUT2D eigenvalue weighted by molar-refractivity contribution is 5.92. The van der Waals surface area contributed by atoms with Crippen LogP contribution in [-0.4, -0.2) is 35.5 Å². The third-order valence-corrected chi connectivity index (χ3v) is 3.26. The molecule has 1 atom stereocenters. The summed E-state index contributed by atoms with van der Waals surface area (Å²) in [7, 11) is 0. The number of amides is 1. The van der Waals surface area contributed by atoms with Crippen LogP contribution in [0.1, 0.15) is 13.3 Å². The highest BCUT2D eigenvalue weighted by Crippen LogP contribution is 2.39. The fourth-order valence-electron chi connectivity index (χ4n) is 2.47. The molecule has 0 saturated carbocycles. The van der Waals surface area contributed by atoms with E-state index in [1.807, 2.05) is 19.1 Å². The van der Waals surface area contributed by atoms with Crippen molar-refractivity contribution in [1.82, 2.24) is 4.90 Å². The van der Waals surface area contributed by atoms with Crippen molar-refractivity contribution in [3.63, 3.8) is 0 Å². The number of fused-ring (bicyclic) bond motifs is 1. The average molecular weight is 233 g/mol. The molecule has 0 N–H and O–H groups in total. The van der Waals surface area contributed by atoms with Crippen LogP contribution in [0.3, 0.4) is 0 Å². The summed E-state index contributed by atoms with van der Waals surface area (Å²) >= 11 is 0. The number of nitrogens with zero attached hydrogens (tertiary/aromatic N) is 1. The fraction of sp³-hybridized carbons (Fsp3) is 0.385. The van der Waals surface area contributed by atoms with Crippen molar-refractivity contribution < 1.29 is 14.3 Å². The largest absolute Gasteiger partial charge is 0.446 e. The Hall–Kier alpha value is -1.84. The van der Waals surface area contributed by atoms with Gasteiger partial charge in [0.2, 0.25) is 0 Å². The molecule has 0 aromatic carbocycles. The lowest BCUT2D eigenvalue weighted by Gasteiger charge is -2.28. The number of carbonyl (C=O) groups is 2. The number of allylic oxidation sites excluding steroid dienone is 3. The lowest BCUT2D eigenvalue weighted by molar-refractivity contribution is -0.117. The number of ether oxygens (including phenoxy) is 1. The summed E-state index contributed by atoms with van der Waals surface area (Å²) in [4.78, 5) is 24.7. The Morgan fingerprint density at radius 2 is 2.29 bits per heavy atom. The van der Waals surface area contributed by atoms with Gasteiger partial charge in [-0.3, -0.25) is 9.69 Å². The van der Waals surface area contributed by atoms with E-state index in [-0.39, 0.29) is 18.9 Å². The quantitative estimate of drug-likeness (QED) is 0.699. The van der Waals surface area contributed by atoms with Gasteiger partial charge >= 0.3 is 6.09 Å². The van der Waals surface area contributed by atoms with Gasteiger partial charge in [0.15, 0.2) is 5.78 Å². The van der Waals surface area contributed by atoms with Gasteiger partial charge < -0.3 is 4.74 Å². The summed E-state index contributed by atoms with van der Waals surface area (Å²) in [6.45, 7) is 5.90. The predicted molar refractivity (Wildman–Crippen MR) is 63.5 cm³/mol. The number of cyclic esters (lactones) is 1. The number of Topliss-reactive ketones (excluding diaryl/α,β-unsaturated/α-hetero) is 1. The zero-order chi connectivity index (χ0) is 12.5. The van der Waals surface area contributed by atoms with E-state index >= 15 is 0 Å². The minimum Gasteiger partial charge on any atom is -0.446 e. The Labute approximate surface area is 100 Å². The van der Waals surface area contributed by atoms with E-state index in [0.29, 0.717) is 6.42 Å². The number of hydrogen-bond acceptors (Lipinski definition) is 3. The second kappa shape index (κ2) is 4.20. The first kappa shape index (κ1) is 11.6. The van der Waals surface area contributed by atoms with E-state index in [2.05, 4.69) is 6.58 Å². The maximum Gasteiger partial charge on any atom is 0.411 e. The number of carbonyl (C=O) groups excluding carboxylic acids is 2. The highest BCUT2D eigenvalue weighted by atomic mass is 16.6. The SMILES string of the molecule is C=C/C=C\C(=C/C)C12COC(=O)N1CC(=O)C2. The van der Waals surface area contributed by atoms with Crippen LogP contribution in [0.5, 0.6) is 0 Å². The molecule has 0 aromatic heterocycles. The summed E-state index contributed by atoms with van der Waals surface area (Å²) in [5.41, 5.74) is 0.330. The molecule has 2 aliphatic rings. The molecule has 2 aliphatic heterocycles. The molecule has 0 spiro atoms. The molecular formula is C13H15NO3. The minimum absolute atomic E-state index is 0.0769. The normalized spacial score (nSPS) is 28.8. The number of hydrogen-bond donors (Lipinski definition) is 0. The molecule has 2 rings (SSSR count). The molecule has 1 unspecified atom stereocenters. The minimum atomic E-state index is -0.595. The highest BCUT2D eigenvalue weighted by Gasteiger charge is 2.55. The number of rotatable bonds is 3. The Kier molecular flexibility index (Phi) is 2.88. The lowest BCUT2D eigenvalue weighted by Crippen LogP contribution is -2.43. The molecule has 90 valence electrons. The molecule has 4 nitrogen and oxygen atoms in total. The van der Waals surface area contributed by atoms with Gasteiger partial charge in [-0.25, -0.2) is 4.79 Å². The van der Waals surface area contributed by atoms with Crippen LogP contribution >= 0.6 is 0 Å². The Bertz CT molecular complexity index is 436. The molecule has 4 heteroatoms. The molecule has 0 bridgehead atoms. The molecule has 17 heavy (non-hydrogen) atoms. The predicted octanol–water partition coefficient (Wildman–Crippen LogP) is 1.84. The van der Waals surface area contributed by atoms with E-state index < -0.39 is 11.6 Å². The first-order chi connectivity index (χ1) is 8.14. The van der Waals surface area contributed by atoms with Crippen LogP contribution in [-0.2, 0) is 9.53 Å². The second-order valence-electron chi connectivity index (χ2n) is 4.23. The zero-order valence-electron chi connectivity index (χ0n) is 9.81. The maximum absolute atomic E-state index is 11.6. The summed E-state index contributed by atoms with van der Waals surface area (Å²) in [6.07, 6.45) is 7.18. The first-order valence-electron chi connectivity index (χ1n) is 5.56. The summed E-state index contributed by atoms with van der Waals surface area (Å²) in [6, 6.07) is 0. The van der Waals surface area contributed by atoms with E-state index in [0.717, 1.165) is 5.57 Å². The van der Waals surface area contributed by atoms with Crippen LogP contribution in [0, 0.1) is 0 Å². The van der Waals surface area contributed by atoms with E-state index in [1.165, 1.54) is 4.90 Å². The third-order valence-electron chi connectivity index (χ3n) is 3.26. The molecule has 1 amide bonds. The van der Waals surface area contributed by atoms with Crippen molar-refractivity contribution in [3.05, 3.63) is 36.5 Å². The van der Waals surface area contributed by atoms with Gasteiger partial charge in [0.1, 0.15) is 12.1 Å². The van der Waals surface area contributed by atoms with Gasteiger partial charge in [-0.2, -0.15) is 0 Å². The fourth-order valence-corrected chi connectivity index (χ4v) is 2.47. The van der Waals surface area contributed by atoms with Crippen LogP contribution in [0.25, 0.3) is 0 Å². The van der Waals surface area contributed by atoms with Crippen LogP contribution in [0.4, 0.5) is 4.79 Å². The average Bonchev–Trinajstić information content (AvgIpc) is 2.78. The molecule has 0 radical (unpaired) electrons. The zero-order valence-corrected chi connectivity index (χ0v) is 9.81. The van der Waals surface area contributed by atoms with Crippen molar-refractivity contribution in [2.24, 2.45) is 0 Å². The standard InChI is InChI=1S/C13H15NO3/c1-3-5-6-10(4-2)13-7-11(15)8-14(13)12(16)17-9-13/h3-6H,1,7-9H2,2H3/b6-5-,10-4+. The van der Waals surface area contributed by atoms with Crippen LogP contribution < -0.4 is 0 Å². The maximum atomic E-state index is 11.6. The van der Waals surface area contributed by atoms with Gasteiger partial charge in [0, 0.05) is 6.42 Å². The summed E-state index contributed by atoms with van der Waals surface area (Å²) < 4.78 is 5.07.